The Labute approximate surface area is 71.6 Å². The zero-order valence-corrected chi connectivity index (χ0v) is 7.50. The van der Waals surface area contributed by atoms with Gasteiger partial charge < -0.3 is 15.3 Å². The van der Waals surface area contributed by atoms with Gasteiger partial charge in [0.15, 0.2) is 9.84 Å². The summed E-state index contributed by atoms with van der Waals surface area (Å²) in [4.78, 5) is 0. The Morgan fingerprint density at radius 1 is 1.25 bits per heavy atom. The minimum absolute atomic E-state index is 0.152. The lowest BCUT2D eigenvalue weighted by atomic mass is 10.4. The molecule has 0 aliphatic heterocycles. The number of aliphatic hydroxyl groups excluding tert-OH is 3. The van der Waals surface area contributed by atoms with Crippen LogP contribution < -0.4 is 0 Å². The molecule has 5 nitrogen and oxygen atoms in total. The molecule has 0 aliphatic carbocycles. The van der Waals surface area contributed by atoms with Crippen molar-refractivity contribution in [2.24, 2.45) is 0 Å². The second kappa shape index (κ2) is 5.47. The molecule has 0 radical (unpaired) electrons. The lowest BCUT2D eigenvalue weighted by molar-refractivity contribution is 0.112. The van der Waals surface area contributed by atoms with Crippen molar-refractivity contribution in [3.05, 3.63) is 0 Å². The molecule has 0 aromatic heterocycles. The largest absolute Gasteiger partial charge is 0.396 e. The zero-order chi connectivity index (χ0) is 9.61. The van der Waals surface area contributed by atoms with Gasteiger partial charge in [-0.3, -0.25) is 0 Å². The maximum absolute atomic E-state index is 11.0. The van der Waals surface area contributed by atoms with E-state index in [1.807, 2.05) is 0 Å². The maximum Gasteiger partial charge on any atom is 0.153 e. The van der Waals surface area contributed by atoms with E-state index in [-0.39, 0.29) is 18.8 Å². The highest BCUT2D eigenvalue weighted by molar-refractivity contribution is 7.91. The van der Waals surface area contributed by atoms with E-state index in [0.29, 0.717) is 0 Å². The topological polar surface area (TPSA) is 94.8 Å². The van der Waals surface area contributed by atoms with Crippen LogP contribution in [0.4, 0.5) is 0 Å². The van der Waals surface area contributed by atoms with Crippen LogP contribution in [0.3, 0.4) is 0 Å². The van der Waals surface area contributed by atoms with Crippen LogP contribution in [0.25, 0.3) is 0 Å². The quantitative estimate of drug-likeness (QED) is 0.465. The highest BCUT2D eigenvalue weighted by Gasteiger charge is 2.15. The molecule has 1 unspecified atom stereocenters. The lowest BCUT2D eigenvalue weighted by Crippen LogP contribution is -2.26. The molecule has 12 heavy (non-hydrogen) atoms. The van der Waals surface area contributed by atoms with Gasteiger partial charge >= 0.3 is 0 Å². The van der Waals surface area contributed by atoms with Crippen LogP contribution in [-0.4, -0.2) is 54.6 Å². The van der Waals surface area contributed by atoms with E-state index in [2.05, 4.69) is 0 Å². The Balaban J connectivity index is 3.88. The van der Waals surface area contributed by atoms with Crippen LogP contribution in [0.15, 0.2) is 0 Å². The molecule has 0 saturated carbocycles. The molecule has 1 atom stereocenters. The molecule has 0 fully saturated rings. The molecule has 0 bridgehead atoms. The molecule has 6 heteroatoms. The van der Waals surface area contributed by atoms with Gasteiger partial charge in [-0.25, -0.2) is 8.42 Å². The maximum atomic E-state index is 11.0. The molecule has 0 aliphatic rings. The van der Waals surface area contributed by atoms with Crippen LogP contribution in [0.2, 0.25) is 0 Å². The average Bonchev–Trinajstić information content (AvgIpc) is 2.00. The van der Waals surface area contributed by atoms with E-state index in [9.17, 15) is 8.42 Å². The first kappa shape index (κ1) is 11.8. The van der Waals surface area contributed by atoms with Gasteiger partial charge in [0, 0.05) is 6.61 Å². The molecule has 0 spiro atoms. The Morgan fingerprint density at radius 2 is 1.83 bits per heavy atom. The van der Waals surface area contributed by atoms with Gasteiger partial charge in [-0.2, -0.15) is 0 Å². The standard InChI is InChI=1S/C6H14O5S/c7-2-1-3-12(10,11)5-6(9)4-8/h6-9H,1-5H2. The minimum Gasteiger partial charge on any atom is -0.396 e. The van der Waals surface area contributed by atoms with E-state index in [0.717, 1.165) is 0 Å². The van der Waals surface area contributed by atoms with Crippen molar-refractivity contribution in [2.45, 2.75) is 12.5 Å². The van der Waals surface area contributed by atoms with Crippen LogP contribution >= 0.6 is 0 Å². The van der Waals surface area contributed by atoms with E-state index in [1.54, 1.807) is 0 Å². The van der Waals surface area contributed by atoms with E-state index < -0.39 is 28.3 Å². The highest BCUT2D eigenvalue weighted by Crippen LogP contribution is 1.96. The highest BCUT2D eigenvalue weighted by atomic mass is 32.2. The van der Waals surface area contributed by atoms with Crippen molar-refractivity contribution in [3.63, 3.8) is 0 Å². The second-order valence-corrected chi connectivity index (χ2v) is 4.76. The van der Waals surface area contributed by atoms with Crippen LogP contribution in [0.5, 0.6) is 0 Å². The molecule has 0 aromatic rings. The third-order valence-corrected chi connectivity index (χ3v) is 3.07. The number of rotatable bonds is 6. The summed E-state index contributed by atoms with van der Waals surface area (Å²) in [6, 6.07) is 0. The normalized spacial score (nSPS) is 14.6. The third-order valence-electron chi connectivity index (χ3n) is 1.27. The molecule has 3 N–H and O–H groups in total. The SMILES string of the molecule is O=S(=O)(CCCO)CC(O)CO. The summed E-state index contributed by atoms with van der Waals surface area (Å²) in [5, 5.41) is 25.5. The molecule has 0 amide bonds. The van der Waals surface area contributed by atoms with Crippen molar-refractivity contribution >= 4 is 9.84 Å². The number of hydrogen-bond acceptors (Lipinski definition) is 5. The van der Waals surface area contributed by atoms with Gasteiger partial charge in [-0.05, 0) is 6.42 Å². The molecular weight excluding hydrogens is 184 g/mol. The molecular formula is C6H14O5S. The summed E-state index contributed by atoms with van der Waals surface area (Å²) in [6.45, 7) is -0.743. The Morgan fingerprint density at radius 3 is 2.25 bits per heavy atom. The van der Waals surface area contributed by atoms with Gasteiger partial charge in [0.2, 0.25) is 0 Å². The molecule has 74 valence electrons. The van der Waals surface area contributed by atoms with Crippen LogP contribution in [0, 0.1) is 0 Å². The summed E-state index contributed by atoms with van der Waals surface area (Å²) in [7, 11) is -3.33. The van der Waals surface area contributed by atoms with Crippen molar-refractivity contribution in [1.29, 1.82) is 0 Å². The van der Waals surface area contributed by atoms with E-state index in [4.69, 9.17) is 15.3 Å². The van der Waals surface area contributed by atoms with E-state index in [1.165, 1.54) is 0 Å². The fourth-order valence-electron chi connectivity index (χ4n) is 0.714. The monoisotopic (exact) mass is 198 g/mol. The van der Waals surface area contributed by atoms with Gasteiger partial charge in [0.25, 0.3) is 0 Å². The van der Waals surface area contributed by atoms with Crippen molar-refractivity contribution in [3.8, 4) is 0 Å². The number of aliphatic hydroxyl groups is 3. The van der Waals surface area contributed by atoms with Crippen molar-refractivity contribution in [2.75, 3.05) is 24.7 Å². The van der Waals surface area contributed by atoms with Crippen LogP contribution in [-0.2, 0) is 9.84 Å². The number of sulfone groups is 1. The first-order valence-corrected chi connectivity index (χ1v) is 5.44. The Kier molecular flexibility index (Phi) is 5.39. The van der Waals surface area contributed by atoms with Gasteiger partial charge in [0.05, 0.1) is 24.2 Å². The lowest BCUT2D eigenvalue weighted by Gasteiger charge is -2.06. The fourth-order valence-corrected chi connectivity index (χ4v) is 2.14. The summed E-state index contributed by atoms with van der Waals surface area (Å²) < 4.78 is 22.0. The molecule has 0 rings (SSSR count). The van der Waals surface area contributed by atoms with Crippen molar-refractivity contribution < 1.29 is 23.7 Å². The van der Waals surface area contributed by atoms with Gasteiger partial charge in [0.1, 0.15) is 0 Å². The molecule has 0 saturated heterocycles. The second-order valence-electron chi connectivity index (χ2n) is 2.53. The summed E-state index contributed by atoms with van der Waals surface area (Å²) >= 11 is 0. The average molecular weight is 198 g/mol. The third kappa shape index (κ3) is 5.48. The Bertz CT molecular complexity index is 198. The molecule has 0 heterocycles. The summed E-state index contributed by atoms with van der Waals surface area (Å²) in [5.74, 6) is -0.593. The van der Waals surface area contributed by atoms with E-state index >= 15 is 0 Å². The number of hydrogen-bond donors (Lipinski definition) is 3. The van der Waals surface area contributed by atoms with Crippen LogP contribution in [0.1, 0.15) is 6.42 Å². The first-order valence-electron chi connectivity index (χ1n) is 3.62. The summed E-state index contributed by atoms with van der Waals surface area (Å²) in [6.07, 6.45) is -1.05. The smallest absolute Gasteiger partial charge is 0.153 e. The van der Waals surface area contributed by atoms with Gasteiger partial charge in [-0.1, -0.05) is 0 Å². The Hall–Kier alpha value is -0.170. The van der Waals surface area contributed by atoms with Crippen molar-refractivity contribution in [1.82, 2.24) is 0 Å². The summed E-state index contributed by atoms with van der Waals surface area (Å²) in [5.41, 5.74) is 0. The first-order chi connectivity index (χ1) is 5.52. The predicted octanol–water partition coefficient (Wildman–Crippen LogP) is -1.86. The predicted molar refractivity (Wildman–Crippen MR) is 43.4 cm³/mol. The zero-order valence-electron chi connectivity index (χ0n) is 6.68. The molecule has 0 aromatic carbocycles. The van der Waals surface area contributed by atoms with Gasteiger partial charge in [-0.15, -0.1) is 0 Å². The fraction of sp³-hybridized carbons (Fsp3) is 1.00. The minimum atomic E-state index is -3.33.